The van der Waals surface area contributed by atoms with Crippen molar-refractivity contribution in [2.45, 2.75) is 13.8 Å². The Hall–Kier alpha value is -1.75. The van der Waals surface area contributed by atoms with E-state index in [9.17, 15) is 0 Å². The standard InChI is InChI=1S/C13H12BrN3O/c1-7-3-5-10(18-7)12-13(15)17-8(2)9(14)4-6-11(17)16-12/h3-6H,15H2,1-2H3. The second kappa shape index (κ2) is 3.88. The molecule has 3 rings (SSSR count). The van der Waals surface area contributed by atoms with Crippen LogP contribution in [0, 0.1) is 13.8 Å². The fourth-order valence-electron chi connectivity index (χ4n) is 2.03. The third-order valence-electron chi connectivity index (χ3n) is 2.97. The lowest BCUT2D eigenvalue weighted by atomic mass is 10.3. The van der Waals surface area contributed by atoms with Crippen molar-refractivity contribution in [1.29, 1.82) is 0 Å². The van der Waals surface area contributed by atoms with Crippen LogP contribution in [0.1, 0.15) is 11.5 Å². The van der Waals surface area contributed by atoms with Crippen LogP contribution in [0.5, 0.6) is 0 Å². The van der Waals surface area contributed by atoms with Gasteiger partial charge in [-0.1, -0.05) is 0 Å². The second-order valence-electron chi connectivity index (χ2n) is 4.22. The number of nitrogen functional groups attached to an aromatic ring is 1. The zero-order chi connectivity index (χ0) is 12.9. The van der Waals surface area contributed by atoms with Gasteiger partial charge in [-0.2, -0.15) is 0 Å². The molecule has 0 spiro atoms. The normalized spacial score (nSPS) is 11.3. The number of hydrogen-bond acceptors (Lipinski definition) is 3. The van der Waals surface area contributed by atoms with Gasteiger partial charge in [-0.25, -0.2) is 4.98 Å². The van der Waals surface area contributed by atoms with Crippen LogP contribution in [0.4, 0.5) is 5.82 Å². The third-order valence-corrected chi connectivity index (χ3v) is 3.81. The Kier molecular flexibility index (Phi) is 2.45. The van der Waals surface area contributed by atoms with E-state index >= 15 is 0 Å². The summed E-state index contributed by atoms with van der Waals surface area (Å²) in [7, 11) is 0. The molecule has 0 saturated heterocycles. The van der Waals surface area contributed by atoms with Gasteiger partial charge in [0.15, 0.2) is 5.76 Å². The summed E-state index contributed by atoms with van der Waals surface area (Å²) in [5.41, 5.74) is 8.69. The maximum atomic E-state index is 6.17. The van der Waals surface area contributed by atoms with E-state index < -0.39 is 0 Å². The lowest BCUT2D eigenvalue weighted by Crippen LogP contribution is -1.98. The molecule has 0 aliphatic rings. The number of pyridine rings is 1. The van der Waals surface area contributed by atoms with E-state index in [2.05, 4.69) is 20.9 Å². The predicted molar refractivity (Wildman–Crippen MR) is 74.5 cm³/mol. The molecule has 3 aromatic rings. The van der Waals surface area contributed by atoms with Gasteiger partial charge in [-0.15, -0.1) is 0 Å². The van der Waals surface area contributed by atoms with Crippen molar-refractivity contribution in [1.82, 2.24) is 9.38 Å². The number of nitrogens with two attached hydrogens (primary N) is 1. The van der Waals surface area contributed by atoms with Crippen LogP contribution in [0.15, 0.2) is 33.2 Å². The van der Waals surface area contributed by atoms with Gasteiger partial charge in [0.1, 0.15) is 22.9 Å². The molecule has 3 aromatic heterocycles. The largest absolute Gasteiger partial charge is 0.460 e. The zero-order valence-corrected chi connectivity index (χ0v) is 11.7. The van der Waals surface area contributed by atoms with E-state index in [1.54, 1.807) is 0 Å². The number of imidazole rings is 1. The van der Waals surface area contributed by atoms with Crippen LogP contribution in [0.2, 0.25) is 0 Å². The van der Waals surface area contributed by atoms with Gasteiger partial charge in [0.05, 0.1) is 0 Å². The smallest absolute Gasteiger partial charge is 0.156 e. The van der Waals surface area contributed by atoms with Gasteiger partial charge in [-0.05, 0) is 54.0 Å². The lowest BCUT2D eigenvalue weighted by Gasteiger charge is -2.03. The summed E-state index contributed by atoms with van der Waals surface area (Å²) in [6.45, 7) is 3.89. The molecule has 0 amide bonds. The van der Waals surface area contributed by atoms with Crippen molar-refractivity contribution >= 4 is 27.4 Å². The SMILES string of the molecule is Cc1ccc(-c2nc3ccc(Br)c(C)n3c2N)o1. The van der Waals surface area contributed by atoms with Gasteiger partial charge in [0, 0.05) is 10.2 Å². The number of aryl methyl sites for hydroxylation is 2. The second-order valence-corrected chi connectivity index (χ2v) is 5.07. The summed E-state index contributed by atoms with van der Waals surface area (Å²) in [5, 5.41) is 0. The molecule has 0 fully saturated rings. The summed E-state index contributed by atoms with van der Waals surface area (Å²) in [5.74, 6) is 2.14. The van der Waals surface area contributed by atoms with E-state index in [0.717, 1.165) is 21.6 Å². The van der Waals surface area contributed by atoms with Crippen molar-refractivity contribution < 1.29 is 4.42 Å². The van der Waals surface area contributed by atoms with E-state index in [1.807, 2.05) is 42.5 Å². The van der Waals surface area contributed by atoms with Crippen molar-refractivity contribution in [2.24, 2.45) is 0 Å². The summed E-state index contributed by atoms with van der Waals surface area (Å²) in [6, 6.07) is 7.68. The molecule has 0 saturated carbocycles. The number of halogens is 1. The van der Waals surface area contributed by atoms with Crippen molar-refractivity contribution in [3.8, 4) is 11.5 Å². The van der Waals surface area contributed by atoms with Crippen LogP contribution < -0.4 is 5.73 Å². The molecule has 0 aliphatic heterocycles. The van der Waals surface area contributed by atoms with Gasteiger partial charge in [0.2, 0.25) is 0 Å². The van der Waals surface area contributed by atoms with E-state index in [4.69, 9.17) is 10.2 Å². The number of rotatable bonds is 1. The molecular formula is C13H12BrN3O. The zero-order valence-electron chi connectivity index (χ0n) is 10.1. The van der Waals surface area contributed by atoms with Crippen molar-refractivity contribution in [3.05, 3.63) is 40.2 Å². The first-order valence-corrected chi connectivity index (χ1v) is 6.37. The van der Waals surface area contributed by atoms with Crippen LogP contribution >= 0.6 is 15.9 Å². The topological polar surface area (TPSA) is 56.5 Å². The minimum atomic E-state index is 0.596. The molecule has 0 bridgehead atoms. The average molecular weight is 306 g/mol. The van der Waals surface area contributed by atoms with Gasteiger partial charge in [-0.3, -0.25) is 4.40 Å². The summed E-state index contributed by atoms with van der Waals surface area (Å²) in [4.78, 5) is 4.52. The number of nitrogens with zero attached hydrogens (tertiary/aromatic N) is 2. The van der Waals surface area contributed by atoms with E-state index in [1.165, 1.54) is 0 Å². The summed E-state index contributed by atoms with van der Waals surface area (Å²) < 4.78 is 8.50. The van der Waals surface area contributed by atoms with Gasteiger partial charge >= 0.3 is 0 Å². The number of furan rings is 1. The first kappa shape index (κ1) is 11.3. The number of fused-ring (bicyclic) bond motifs is 1. The first-order chi connectivity index (χ1) is 8.58. The molecule has 3 heterocycles. The lowest BCUT2D eigenvalue weighted by molar-refractivity contribution is 0.547. The third kappa shape index (κ3) is 1.54. The minimum Gasteiger partial charge on any atom is -0.460 e. The molecular weight excluding hydrogens is 294 g/mol. The Morgan fingerprint density at radius 2 is 2.00 bits per heavy atom. The van der Waals surface area contributed by atoms with Gasteiger partial charge < -0.3 is 10.2 Å². The summed E-state index contributed by atoms with van der Waals surface area (Å²) in [6.07, 6.45) is 0. The van der Waals surface area contributed by atoms with Crippen LogP contribution in [-0.4, -0.2) is 9.38 Å². The van der Waals surface area contributed by atoms with Crippen molar-refractivity contribution in [2.75, 3.05) is 5.73 Å². The molecule has 0 unspecified atom stereocenters. The monoisotopic (exact) mass is 305 g/mol. The maximum absolute atomic E-state index is 6.17. The van der Waals surface area contributed by atoms with Gasteiger partial charge in [0.25, 0.3) is 0 Å². The van der Waals surface area contributed by atoms with Crippen LogP contribution in [-0.2, 0) is 0 Å². The van der Waals surface area contributed by atoms with E-state index in [0.29, 0.717) is 17.3 Å². The minimum absolute atomic E-state index is 0.596. The molecule has 4 nitrogen and oxygen atoms in total. The number of hydrogen-bond donors (Lipinski definition) is 1. The van der Waals surface area contributed by atoms with Crippen LogP contribution in [0.3, 0.4) is 0 Å². The molecule has 0 atom stereocenters. The number of aromatic nitrogens is 2. The molecule has 18 heavy (non-hydrogen) atoms. The summed E-state index contributed by atoms with van der Waals surface area (Å²) >= 11 is 3.49. The molecule has 0 aliphatic carbocycles. The molecule has 0 aromatic carbocycles. The highest BCUT2D eigenvalue weighted by molar-refractivity contribution is 9.10. The highest BCUT2D eigenvalue weighted by atomic mass is 79.9. The van der Waals surface area contributed by atoms with Crippen molar-refractivity contribution in [3.63, 3.8) is 0 Å². The quantitative estimate of drug-likeness (QED) is 0.748. The molecule has 92 valence electrons. The predicted octanol–water partition coefficient (Wildman–Crippen LogP) is 3.56. The Balaban J connectivity index is 2.33. The Morgan fingerprint density at radius 3 is 2.67 bits per heavy atom. The number of anilines is 1. The molecule has 0 radical (unpaired) electrons. The highest BCUT2D eigenvalue weighted by Crippen LogP contribution is 2.30. The fourth-order valence-corrected chi connectivity index (χ4v) is 2.34. The Morgan fingerprint density at radius 1 is 1.22 bits per heavy atom. The first-order valence-electron chi connectivity index (χ1n) is 5.58. The molecule has 5 heteroatoms. The van der Waals surface area contributed by atoms with E-state index in [-0.39, 0.29) is 0 Å². The Bertz CT molecular complexity index is 742. The maximum Gasteiger partial charge on any atom is 0.156 e. The fraction of sp³-hybridized carbons (Fsp3) is 0.154. The average Bonchev–Trinajstić information content (AvgIpc) is 2.89. The van der Waals surface area contributed by atoms with Crippen LogP contribution in [0.25, 0.3) is 17.1 Å². The Labute approximate surface area is 113 Å². The highest BCUT2D eigenvalue weighted by Gasteiger charge is 2.16. The molecule has 2 N–H and O–H groups in total.